The SMILES string of the molecule is O=C(O)c1ccc(S(=O)(=O)N(Cc2ccc(OCC(F)(F)F)cc2)c2ncc(C(F)(F)F)cc2Cl)cc1. The number of anilines is 1. The number of benzene rings is 2. The van der Waals surface area contributed by atoms with Gasteiger partial charge < -0.3 is 9.84 Å². The Hall–Kier alpha value is -3.52. The summed E-state index contributed by atoms with van der Waals surface area (Å²) in [6.45, 7) is -2.09. The molecule has 2 aromatic carbocycles. The molecule has 0 aliphatic heterocycles. The topological polar surface area (TPSA) is 96.8 Å². The molecule has 0 saturated carbocycles. The summed E-state index contributed by atoms with van der Waals surface area (Å²) < 4.78 is 108. The van der Waals surface area contributed by atoms with Crippen LogP contribution in [0.3, 0.4) is 0 Å². The fourth-order valence-corrected chi connectivity index (χ4v) is 4.71. The molecule has 0 radical (unpaired) electrons. The van der Waals surface area contributed by atoms with Crippen LogP contribution in [0.5, 0.6) is 5.75 Å². The van der Waals surface area contributed by atoms with Crippen molar-refractivity contribution in [3.05, 3.63) is 82.5 Å². The van der Waals surface area contributed by atoms with Gasteiger partial charge in [-0.05, 0) is 48.0 Å². The van der Waals surface area contributed by atoms with Crippen LogP contribution in [-0.2, 0) is 22.7 Å². The first-order valence-corrected chi connectivity index (χ1v) is 11.8. The first-order valence-electron chi connectivity index (χ1n) is 9.95. The van der Waals surface area contributed by atoms with Gasteiger partial charge >= 0.3 is 18.3 Å². The van der Waals surface area contributed by atoms with Gasteiger partial charge in [0.15, 0.2) is 12.4 Å². The summed E-state index contributed by atoms with van der Waals surface area (Å²) in [4.78, 5) is 14.3. The highest BCUT2D eigenvalue weighted by Crippen LogP contribution is 2.36. The summed E-state index contributed by atoms with van der Waals surface area (Å²) in [5.41, 5.74) is -1.25. The van der Waals surface area contributed by atoms with Crippen molar-refractivity contribution in [1.82, 2.24) is 4.98 Å². The van der Waals surface area contributed by atoms with Crippen LogP contribution in [-0.4, -0.2) is 37.3 Å². The summed E-state index contributed by atoms with van der Waals surface area (Å²) in [6, 6.07) is 9.29. The molecule has 1 heterocycles. The maximum absolute atomic E-state index is 13.4. The maximum atomic E-state index is 13.4. The van der Waals surface area contributed by atoms with Crippen LogP contribution in [0, 0.1) is 0 Å². The molecule has 3 aromatic rings. The highest BCUT2D eigenvalue weighted by Gasteiger charge is 2.34. The molecule has 0 aliphatic rings. The lowest BCUT2D eigenvalue weighted by molar-refractivity contribution is -0.153. The van der Waals surface area contributed by atoms with E-state index in [0.717, 1.165) is 36.4 Å². The van der Waals surface area contributed by atoms with Crippen molar-refractivity contribution in [2.75, 3.05) is 10.9 Å². The second kappa shape index (κ2) is 10.5. The fraction of sp³-hybridized carbons (Fsp3) is 0.182. The summed E-state index contributed by atoms with van der Waals surface area (Å²) in [6.07, 6.45) is -8.99. The van der Waals surface area contributed by atoms with Gasteiger partial charge in [-0.15, -0.1) is 0 Å². The van der Waals surface area contributed by atoms with Gasteiger partial charge in [-0.2, -0.15) is 26.3 Å². The predicted octanol–water partition coefficient (Wildman–Crippen LogP) is 5.79. The van der Waals surface area contributed by atoms with E-state index in [1.807, 2.05) is 0 Å². The summed E-state index contributed by atoms with van der Waals surface area (Å²) in [5, 5.41) is 8.39. The highest BCUT2D eigenvalue weighted by atomic mass is 35.5. The number of aromatic nitrogens is 1. The van der Waals surface area contributed by atoms with Gasteiger partial charge in [-0.3, -0.25) is 0 Å². The van der Waals surface area contributed by atoms with E-state index in [1.165, 1.54) is 12.1 Å². The summed E-state index contributed by atoms with van der Waals surface area (Å²) in [5.74, 6) is -2.04. The van der Waals surface area contributed by atoms with Crippen molar-refractivity contribution in [2.24, 2.45) is 0 Å². The van der Waals surface area contributed by atoms with E-state index < -0.39 is 62.8 Å². The van der Waals surface area contributed by atoms with Gasteiger partial charge in [-0.25, -0.2) is 22.5 Å². The van der Waals surface area contributed by atoms with Crippen LogP contribution >= 0.6 is 11.6 Å². The quantitative estimate of drug-likeness (QED) is 0.346. The second-order valence-electron chi connectivity index (χ2n) is 7.42. The van der Waals surface area contributed by atoms with Crippen LogP contribution in [0.4, 0.5) is 32.2 Å². The van der Waals surface area contributed by atoms with E-state index in [4.69, 9.17) is 16.7 Å². The average Bonchev–Trinajstić information content (AvgIpc) is 2.81. The third kappa shape index (κ3) is 7.04. The second-order valence-corrected chi connectivity index (χ2v) is 9.69. The number of ether oxygens (including phenoxy) is 1. The Morgan fingerprint density at radius 1 is 1.00 bits per heavy atom. The molecule has 0 saturated heterocycles. The van der Waals surface area contributed by atoms with Gasteiger partial charge in [0.25, 0.3) is 10.0 Å². The Labute approximate surface area is 210 Å². The zero-order valence-electron chi connectivity index (χ0n) is 18.2. The van der Waals surface area contributed by atoms with Gasteiger partial charge in [0.2, 0.25) is 0 Å². The molecule has 0 fully saturated rings. The third-order valence-electron chi connectivity index (χ3n) is 4.73. The van der Waals surface area contributed by atoms with E-state index in [9.17, 15) is 39.6 Å². The molecule has 0 aliphatic carbocycles. The highest BCUT2D eigenvalue weighted by molar-refractivity contribution is 7.92. The number of carboxylic acids is 1. The number of carbonyl (C=O) groups is 1. The number of carboxylic acid groups (broad SMARTS) is 1. The number of aromatic carboxylic acids is 1. The van der Waals surface area contributed by atoms with Gasteiger partial charge in [0, 0.05) is 6.20 Å². The molecule has 0 spiro atoms. The first kappa shape index (κ1) is 28.1. The van der Waals surface area contributed by atoms with Crippen molar-refractivity contribution in [3.63, 3.8) is 0 Å². The Balaban J connectivity index is 2.02. The molecule has 1 aromatic heterocycles. The van der Waals surface area contributed by atoms with Crippen molar-refractivity contribution in [3.8, 4) is 5.75 Å². The monoisotopic (exact) mass is 568 g/mol. The number of hydrogen-bond acceptors (Lipinski definition) is 5. The van der Waals surface area contributed by atoms with Crippen molar-refractivity contribution >= 4 is 33.4 Å². The average molecular weight is 569 g/mol. The van der Waals surface area contributed by atoms with E-state index in [1.54, 1.807) is 0 Å². The minimum absolute atomic E-state index is 0.162. The molecule has 37 heavy (non-hydrogen) atoms. The molecule has 7 nitrogen and oxygen atoms in total. The molecule has 3 rings (SSSR count). The van der Waals surface area contributed by atoms with E-state index >= 15 is 0 Å². The maximum Gasteiger partial charge on any atom is 0.422 e. The lowest BCUT2D eigenvalue weighted by Crippen LogP contribution is -2.32. The fourth-order valence-electron chi connectivity index (χ4n) is 2.96. The number of alkyl halides is 6. The van der Waals surface area contributed by atoms with Crippen molar-refractivity contribution in [1.29, 1.82) is 0 Å². The Morgan fingerprint density at radius 3 is 2.08 bits per heavy atom. The number of pyridine rings is 1. The van der Waals surface area contributed by atoms with Crippen molar-refractivity contribution in [2.45, 2.75) is 23.8 Å². The standard InChI is InChI=1S/C22H15ClF6N2O5S/c23-18-9-15(22(27,28)29)10-30-19(18)31(37(34,35)17-7-3-14(4-8-17)20(32)33)11-13-1-5-16(6-2-13)36-12-21(24,25)26/h1-10H,11-12H2,(H,32,33). The van der Waals surface area contributed by atoms with Crippen molar-refractivity contribution < 1.29 is 49.4 Å². The van der Waals surface area contributed by atoms with E-state index in [2.05, 4.69) is 9.72 Å². The van der Waals surface area contributed by atoms with Crippen LogP contribution in [0.25, 0.3) is 0 Å². The smallest absolute Gasteiger partial charge is 0.422 e. The number of nitrogens with zero attached hydrogens (tertiary/aromatic N) is 2. The zero-order chi connectivity index (χ0) is 27.6. The molecule has 0 atom stereocenters. The normalized spacial score (nSPS) is 12.3. The van der Waals surface area contributed by atoms with Crippen LogP contribution in [0.15, 0.2) is 65.7 Å². The molecule has 1 N–H and O–H groups in total. The Kier molecular flexibility index (Phi) is 7.93. The largest absolute Gasteiger partial charge is 0.484 e. The number of rotatable bonds is 8. The molecule has 0 amide bonds. The predicted molar refractivity (Wildman–Crippen MR) is 119 cm³/mol. The van der Waals surface area contributed by atoms with Crippen LogP contribution in [0.2, 0.25) is 5.02 Å². The summed E-state index contributed by atoms with van der Waals surface area (Å²) >= 11 is 5.99. The van der Waals surface area contributed by atoms with Gasteiger partial charge in [-0.1, -0.05) is 23.7 Å². The number of sulfonamides is 1. The summed E-state index contributed by atoms with van der Waals surface area (Å²) in [7, 11) is -4.57. The first-order chi connectivity index (χ1) is 17.1. The lowest BCUT2D eigenvalue weighted by Gasteiger charge is -2.25. The molecular formula is C22H15ClF6N2O5S. The van der Waals surface area contributed by atoms with Crippen LogP contribution in [0.1, 0.15) is 21.5 Å². The van der Waals surface area contributed by atoms with E-state index in [-0.39, 0.29) is 16.9 Å². The Morgan fingerprint density at radius 2 is 1.59 bits per heavy atom. The zero-order valence-corrected chi connectivity index (χ0v) is 19.8. The molecule has 0 bridgehead atoms. The number of hydrogen-bond donors (Lipinski definition) is 1. The Bertz CT molecular complexity index is 1380. The van der Waals surface area contributed by atoms with Gasteiger partial charge in [0.05, 0.1) is 27.6 Å². The van der Waals surface area contributed by atoms with E-state index in [0.29, 0.717) is 16.6 Å². The van der Waals surface area contributed by atoms with Crippen LogP contribution < -0.4 is 9.04 Å². The number of halogens is 7. The minimum Gasteiger partial charge on any atom is -0.484 e. The minimum atomic E-state index is -4.81. The molecule has 198 valence electrons. The van der Waals surface area contributed by atoms with Gasteiger partial charge in [0.1, 0.15) is 5.75 Å². The molecule has 15 heteroatoms. The lowest BCUT2D eigenvalue weighted by atomic mass is 10.2. The third-order valence-corrected chi connectivity index (χ3v) is 6.75. The molecular weight excluding hydrogens is 554 g/mol. The molecule has 0 unspecified atom stereocenters.